The van der Waals surface area contributed by atoms with Crippen LogP contribution in [0, 0.1) is 5.92 Å². The van der Waals surface area contributed by atoms with Gasteiger partial charge in [-0.25, -0.2) is 0 Å². The monoisotopic (exact) mass is 540 g/mol. The third-order valence-corrected chi connectivity index (χ3v) is 7.83. The molecule has 0 aromatic heterocycles. The summed E-state index contributed by atoms with van der Waals surface area (Å²) in [6, 6.07) is 20.9. The molecule has 0 N–H and O–H groups in total. The molecule has 4 aromatic carbocycles. The van der Waals surface area contributed by atoms with Crippen molar-refractivity contribution < 1.29 is 33.2 Å². The molecule has 4 aromatic rings. The molecule has 3 saturated heterocycles. The van der Waals surface area contributed by atoms with Crippen LogP contribution in [0.5, 0.6) is 23.0 Å². The molecule has 4 aliphatic rings. The molecule has 3 heterocycles. The maximum absolute atomic E-state index is 6.44. The van der Waals surface area contributed by atoms with Gasteiger partial charge in [-0.1, -0.05) is 24.3 Å². The van der Waals surface area contributed by atoms with Crippen molar-refractivity contribution in [2.45, 2.75) is 31.2 Å². The number of benzene rings is 4. The number of hydrogen-bond acceptors (Lipinski definition) is 7. The van der Waals surface area contributed by atoms with E-state index in [9.17, 15) is 0 Å². The van der Waals surface area contributed by atoms with Gasteiger partial charge in [0.1, 0.15) is 61.1 Å². The van der Waals surface area contributed by atoms with Crippen LogP contribution in [-0.4, -0.2) is 64.6 Å². The molecule has 40 heavy (non-hydrogen) atoms. The van der Waals surface area contributed by atoms with E-state index in [1.807, 2.05) is 6.07 Å². The third-order valence-electron chi connectivity index (χ3n) is 7.83. The summed E-state index contributed by atoms with van der Waals surface area (Å²) in [6.45, 7) is 4.52. The first kappa shape index (κ1) is 24.3. The Bertz CT molecular complexity index is 1420. The summed E-state index contributed by atoms with van der Waals surface area (Å²) in [5, 5.41) is 4.29. The van der Waals surface area contributed by atoms with Crippen molar-refractivity contribution in [3.05, 3.63) is 60.7 Å². The Labute approximate surface area is 232 Å². The highest BCUT2D eigenvalue weighted by Crippen LogP contribution is 2.47. The van der Waals surface area contributed by atoms with Crippen molar-refractivity contribution in [3.8, 4) is 34.1 Å². The summed E-state index contributed by atoms with van der Waals surface area (Å²) in [4.78, 5) is 0. The van der Waals surface area contributed by atoms with E-state index in [1.54, 1.807) is 0 Å². The fraction of sp³-hybridized carbons (Fsp3) is 0.394. The maximum atomic E-state index is 6.44. The van der Waals surface area contributed by atoms with Gasteiger partial charge in [0.2, 0.25) is 0 Å². The standard InChI is InChI=1S/C33H32O7/c1-2-20(1)13-34-23-7-3-21-5-9-30(39-18-26-16-37-26)32(28(21)11-23)33-29-12-24(35-14-25-15-36-25)8-4-22(29)6-10-31(33)40-19-27-17-38-27/h3-12,20,25-27H,1-2,13-19H2. The van der Waals surface area contributed by atoms with E-state index in [4.69, 9.17) is 33.2 Å². The minimum absolute atomic E-state index is 0.134. The van der Waals surface area contributed by atoms with Crippen LogP contribution in [-0.2, 0) is 14.2 Å². The lowest BCUT2D eigenvalue weighted by Crippen LogP contribution is -2.08. The zero-order valence-electron chi connectivity index (χ0n) is 22.3. The third kappa shape index (κ3) is 5.42. The molecular formula is C33H32O7. The second-order valence-corrected chi connectivity index (χ2v) is 11.2. The molecule has 3 atom stereocenters. The molecule has 3 aliphatic heterocycles. The molecule has 1 aliphatic carbocycles. The number of epoxide rings is 3. The van der Waals surface area contributed by atoms with E-state index < -0.39 is 0 Å². The number of fused-ring (bicyclic) bond motifs is 2. The average Bonchev–Trinajstić information content (AvgIpc) is 3.82. The zero-order chi connectivity index (χ0) is 26.5. The van der Waals surface area contributed by atoms with Crippen LogP contribution < -0.4 is 18.9 Å². The van der Waals surface area contributed by atoms with Crippen LogP contribution >= 0.6 is 0 Å². The molecule has 7 nitrogen and oxygen atoms in total. The predicted molar refractivity (Wildman–Crippen MR) is 151 cm³/mol. The summed E-state index contributed by atoms with van der Waals surface area (Å²) in [5.74, 6) is 3.92. The lowest BCUT2D eigenvalue weighted by Gasteiger charge is -2.20. The Morgan fingerprint density at radius 2 is 0.950 bits per heavy atom. The summed E-state index contributed by atoms with van der Waals surface area (Å²) < 4.78 is 41.5. The molecule has 0 amide bonds. The van der Waals surface area contributed by atoms with Crippen LogP contribution in [0.4, 0.5) is 0 Å². The maximum Gasteiger partial charge on any atom is 0.128 e. The van der Waals surface area contributed by atoms with Crippen molar-refractivity contribution >= 4 is 21.5 Å². The van der Waals surface area contributed by atoms with Gasteiger partial charge in [0, 0.05) is 11.1 Å². The minimum Gasteiger partial charge on any atom is -0.493 e. The highest BCUT2D eigenvalue weighted by atomic mass is 16.6. The van der Waals surface area contributed by atoms with Crippen LogP contribution in [0.25, 0.3) is 32.7 Å². The summed E-state index contributed by atoms with van der Waals surface area (Å²) in [7, 11) is 0. The van der Waals surface area contributed by atoms with E-state index in [2.05, 4.69) is 54.6 Å². The van der Waals surface area contributed by atoms with Crippen LogP contribution in [0.3, 0.4) is 0 Å². The molecule has 206 valence electrons. The van der Waals surface area contributed by atoms with Crippen molar-refractivity contribution in [1.82, 2.24) is 0 Å². The predicted octanol–water partition coefficient (Wildman–Crippen LogP) is 5.78. The molecule has 0 spiro atoms. The highest BCUT2D eigenvalue weighted by molar-refractivity contribution is 6.10. The SMILES string of the molecule is c1cc2ccc(OCC3CO3)c(-c3c(OCC4CO4)ccc4ccc(OCC5CO5)cc34)c2cc1OCC1CC1. The number of hydrogen-bond donors (Lipinski definition) is 0. The Balaban J connectivity index is 1.29. The topological polar surface area (TPSA) is 74.5 Å². The minimum atomic E-state index is 0.134. The Hall–Kier alpha value is -3.52. The summed E-state index contributed by atoms with van der Waals surface area (Å²) >= 11 is 0. The van der Waals surface area contributed by atoms with Crippen molar-refractivity contribution in [3.63, 3.8) is 0 Å². The van der Waals surface area contributed by atoms with E-state index in [0.717, 1.165) is 82.1 Å². The van der Waals surface area contributed by atoms with E-state index in [1.165, 1.54) is 12.8 Å². The van der Waals surface area contributed by atoms with Crippen LogP contribution in [0.1, 0.15) is 12.8 Å². The molecule has 1 saturated carbocycles. The fourth-order valence-electron chi connectivity index (χ4n) is 5.04. The Morgan fingerprint density at radius 3 is 1.40 bits per heavy atom. The van der Waals surface area contributed by atoms with Gasteiger partial charge in [-0.3, -0.25) is 0 Å². The first-order valence-electron chi connectivity index (χ1n) is 14.3. The first-order chi connectivity index (χ1) is 19.8. The first-order valence-corrected chi connectivity index (χ1v) is 14.3. The second kappa shape index (κ2) is 10.1. The van der Waals surface area contributed by atoms with E-state index in [-0.39, 0.29) is 18.3 Å². The van der Waals surface area contributed by atoms with Crippen molar-refractivity contribution in [1.29, 1.82) is 0 Å². The largest absolute Gasteiger partial charge is 0.493 e. The molecule has 4 fully saturated rings. The molecule has 0 bridgehead atoms. The lowest BCUT2D eigenvalue weighted by atomic mass is 9.92. The van der Waals surface area contributed by atoms with Gasteiger partial charge in [-0.15, -0.1) is 0 Å². The zero-order valence-corrected chi connectivity index (χ0v) is 22.3. The van der Waals surface area contributed by atoms with Gasteiger partial charge < -0.3 is 33.2 Å². The average molecular weight is 541 g/mol. The van der Waals surface area contributed by atoms with Gasteiger partial charge in [0.25, 0.3) is 0 Å². The number of ether oxygens (including phenoxy) is 7. The van der Waals surface area contributed by atoms with Crippen molar-refractivity contribution in [2.75, 3.05) is 46.2 Å². The van der Waals surface area contributed by atoms with Gasteiger partial charge in [-0.2, -0.15) is 0 Å². The van der Waals surface area contributed by atoms with E-state index >= 15 is 0 Å². The van der Waals surface area contributed by atoms with Crippen LogP contribution in [0.2, 0.25) is 0 Å². The quantitative estimate of drug-likeness (QED) is 0.199. The van der Waals surface area contributed by atoms with E-state index in [0.29, 0.717) is 25.7 Å². The molecule has 0 radical (unpaired) electrons. The second-order valence-electron chi connectivity index (χ2n) is 11.2. The van der Waals surface area contributed by atoms with Gasteiger partial charge in [-0.05, 0) is 76.7 Å². The Morgan fingerprint density at radius 1 is 0.525 bits per heavy atom. The molecular weight excluding hydrogens is 508 g/mol. The van der Waals surface area contributed by atoms with Crippen molar-refractivity contribution in [2.24, 2.45) is 5.92 Å². The molecule has 7 heteroatoms. The normalized spacial score (nSPS) is 22.8. The number of rotatable bonds is 13. The highest BCUT2D eigenvalue weighted by Gasteiger charge is 2.28. The molecule has 3 unspecified atom stereocenters. The van der Waals surface area contributed by atoms with Gasteiger partial charge >= 0.3 is 0 Å². The van der Waals surface area contributed by atoms with Crippen LogP contribution in [0.15, 0.2) is 60.7 Å². The Kier molecular flexibility index (Phi) is 6.16. The van der Waals surface area contributed by atoms with Gasteiger partial charge in [0.15, 0.2) is 0 Å². The molecule has 8 rings (SSSR count). The summed E-state index contributed by atoms with van der Waals surface area (Å²) in [5.41, 5.74) is 1.96. The lowest BCUT2D eigenvalue weighted by molar-refractivity contribution is 0.261. The smallest absolute Gasteiger partial charge is 0.128 e. The fourth-order valence-corrected chi connectivity index (χ4v) is 5.04. The summed E-state index contributed by atoms with van der Waals surface area (Å²) in [6.07, 6.45) is 2.95. The van der Waals surface area contributed by atoms with Gasteiger partial charge in [0.05, 0.1) is 26.4 Å².